The molecule has 1 atom stereocenters. The van der Waals surface area contributed by atoms with Gasteiger partial charge in [0.25, 0.3) is 0 Å². The number of amides is 2. The Morgan fingerprint density at radius 1 is 1.39 bits per heavy atom. The number of halogens is 2. The molecule has 0 saturated carbocycles. The predicted molar refractivity (Wildman–Crippen MR) is 71.7 cm³/mol. The number of hydrogen-bond donors (Lipinski definition) is 3. The minimum atomic E-state index is -0.984. The molecule has 0 saturated heterocycles. The Balaban J connectivity index is 2.58. The van der Waals surface area contributed by atoms with Gasteiger partial charge in [-0.1, -0.05) is 35.2 Å². The van der Waals surface area contributed by atoms with Crippen LogP contribution in [0.1, 0.15) is 11.7 Å². The molecule has 0 bridgehead atoms. The molecule has 0 spiro atoms. The molecule has 18 heavy (non-hydrogen) atoms. The van der Waals surface area contributed by atoms with E-state index in [1.807, 2.05) is 0 Å². The van der Waals surface area contributed by atoms with Crippen molar-refractivity contribution in [3.8, 4) is 12.3 Å². The molecule has 0 aliphatic carbocycles. The van der Waals surface area contributed by atoms with Gasteiger partial charge < -0.3 is 15.7 Å². The molecule has 1 rings (SSSR count). The van der Waals surface area contributed by atoms with Gasteiger partial charge in [0.1, 0.15) is 0 Å². The van der Waals surface area contributed by atoms with Crippen LogP contribution in [0.25, 0.3) is 0 Å². The van der Waals surface area contributed by atoms with Crippen LogP contribution in [0, 0.1) is 12.3 Å². The van der Waals surface area contributed by atoms with Crippen LogP contribution in [0.2, 0.25) is 10.0 Å². The van der Waals surface area contributed by atoms with Crippen LogP contribution in [0.15, 0.2) is 18.2 Å². The Kier molecular flexibility index (Phi) is 5.79. The number of aliphatic hydroxyl groups is 1. The molecular weight excluding hydrogens is 275 g/mol. The van der Waals surface area contributed by atoms with Crippen molar-refractivity contribution >= 4 is 29.2 Å². The second-order valence-electron chi connectivity index (χ2n) is 3.42. The summed E-state index contributed by atoms with van der Waals surface area (Å²) in [6.07, 6.45) is 4.00. The normalized spacial score (nSPS) is 11.4. The van der Waals surface area contributed by atoms with Crippen molar-refractivity contribution in [3.63, 3.8) is 0 Å². The summed E-state index contributed by atoms with van der Waals surface area (Å²) in [5.41, 5.74) is 0.387. The van der Waals surface area contributed by atoms with Crippen molar-refractivity contribution in [2.45, 2.75) is 6.10 Å². The number of aliphatic hydroxyl groups excluding tert-OH is 1. The topological polar surface area (TPSA) is 61.4 Å². The summed E-state index contributed by atoms with van der Waals surface area (Å²) in [7, 11) is 0. The quantitative estimate of drug-likeness (QED) is 0.741. The van der Waals surface area contributed by atoms with Crippen LogP contribution in [-0.4, -0.2) is 24.2 Å². The van der Waals surface area contributed by atoms with Gasteiger partial charge in [-0.25, -0.2) is 4.79 Å². The van der Waals surface area contributed by atoms with E-state index in [2.05, 4.69) is 16.6 Å². The molecule has 4 nitrogen and oxygen atoms in total. The summed E-state index contributed by atoms with van der Waals surface area (Å²) in [5.74, 6) is 2.26. The minimum absolute atomic E-state index is 0.0140. The van der Waals surface area contributed by atoms with E-state index in [-0.39, 0.29) is 13.1 Å². The maximum absolute atomic E-state index is 11.2. The van der Waals surface area contributed by atoms with Gasteiger partial charge in [-0.2, -0.15) is 0 Å². The first-order valence-electron chi connectivity index (χ1n) is 5.13. The zero-order valence-corrected chi connectivity index (χ0v) is 10.9. The number of benzene rings is 1. The number of rotatable bonds is 4. The van der Waals surface area contributed by atoms with Gasteiger partial charge in [0.2, 0.25) is 0 Å². The van der Waals surface area contributed by atoms with Gasteiger partial charge in [0.15, 0.2) is 0 Å². The largest absolute Gasteiger partial charge is 0.386 e. The zero-order chi connectivity index (χ0) is 13.5. The first kappa shape index (κ1) is 14.7. The van der Waals surface area contributed by atoms with E-state index < -0.39 is 12.1 Å². The van der Waals surface area contributed by atoms with Crippen molar-refractivity contribution in [2.75, 3.05) is 13.1 Å². The fourth-order valence-electron chi connectivity index (χ4n) is 1.31. The first-order valence-corrected chi connectivity index (χ1v) is 5.89. The highest BCUT2D eigenvalue weighted by atomic mass is 35.5. The molecule has 1 unspecified atom stereocenters. The third-order valence-corrected chi connectivity index (χ3v) is 2.80. The van der Waals surface area contributed by atoms with Crippen LogP contribution in [0.5, 0.6) is 0 Å². The molecule has 3 N–H and O–H groups in total. The summed E-state index contributed by atoms with van der Waals surface area (Å²) in [6, 6.07) is 4.44. The van der Waals surface area contributed by atoms with Gasteiger partial charge in [-0.3, -0.25) is 0 Å². The number of carbonyl (C=O) groups excluding carboxylic acids is 1. The van der Waals surface area contributed by atoms with E-state index in [4.69, 9.17) is 29.6 Å². The van der Waals surface area contributed by atoms with Crippen molar-refractivity contribution in [1.29, 1.82) is 0 Å². The second kappa shape index (κ2) is 7.12. The summed E-state index contributed by atoms with van der Waals surface area (Å²) in [5, 5.41) is 15.5. The van der Waals surface area contributed by atoms with Gasteiger partial charge in [-0.05, 0) is 12.1 Å². The third-order valence-electron chi connectivity index (χ3n) is 2.14. The lowest BCUT2D eigenvalue weighted by Gasteiger charge is -2.15. The van der Waals surface area contributed by atoms with Crippen molar-refractivity contribution in [2.24, 2.45) is 0 Å². The number of urea groups is 1. The minimum Gasteiger partial charge on any atom is -0.386 e. The van der Waals surface area contributed by atoms with E-state index in [1.165, 1.54) is 0 Å². The molecule has 0 fully saturated rings. The van der Waals surface area contributed by atoms with Gasteiger partial charge in [-0.15, -0.1) is 6.42 Å². The van der Waals surface area contributed by atoms with E-state index in [0.717, 1.165) is 0 Å². The molecule has 0 radical (unpaired) electrons. The number of nitrogens with one attached hydrogen (secondary N) is 2. The molecule has 0 heterocycles. The fourth-order valence-corrected chi connectivity index (χ4v) is 1.96. The third kappa shape index (κ3) is 4.11. The average Bonchev–Trinajstić information content (AvgIpc) is 2.33. The highest BCUT2D eigenvalue weighted by molar-refractivity contribution is 6.36. The summed E-state index contributed by atoms with van der Waals surface area (Å²) >= 11 is 11.8. The van der Waals surface area contributed by atoms with Crippen molar-refractivity contribution in [3.05, 3.63) is 33.8 Å². The zero-order valence-electron chi connectivity index (χ0n) is 9.41. The summed E-state index contributed by atoms with van der Waals surface area (Å²) < 4.78 is 0. The lowest BCUT2D eigenvalue weighted by Crippen LogP contribution is -2.38. The van der Waals surface area contributed by atoms with Crippen LogP contribution in [0.4, 0.5) is 4.79 Å². The Morgan fingerprint density at radius 2 is 2.00 bits per heavy atom. The Labute approximate surface area is 115 Å². The smallest absolute Gasteiger partial charge is 0.315 e. The van der Waals surface area contributed by atoms with Crippen LogP contribution >= 0.6 is 23.2 Å². The highest BCUT2D eigenvalue weighted by Crippen LogP contribution is 2.29. The van der Waals surface area contributed by atoms with Crippen LogP contribution in [-0.2, 0) is 0 Å². The Hall–Kier alpha value is -1.41. The maximum Gasteiger partial charge on any atom is 0.315 e. The molecule has 0 aliphatic heterocycles. The Bertz CT molecular complexity index is 451. The van der Waals surface area contributed by atoms with E-state index >= 15 is 0 Å². The highest BCUT2D eigenvalue weighted by Gasteiger charge is 2.15. The van der Waals surface area contributed by atoms with Crippen molar-refractivity contribution < 1.29 is 9.90 Å². The molecule has 2 amide bonds. The molecule has 96 valence electrons. The average molecular weight is 287 g/mol. The first-order chi connectivity index (χ1) is 8.56. The van der Waals surface area contributed by atoms with E-state index in [1.54, 1.807) is 18.2 Å². The molecule has 6 heteroatoms. The summed E-state index contributed by atoms with van der Waals surface area (Å²) in [4.78, 5) is 11.2. The maximum atomic E-state index is 11.2. The van der Waals surface area contributed by atoms with Gasteiger partial charge in [0.05, 0.1) is 12.6 Å². The number of terminal acetylenes is 1. The van der Waals surface area contributed by atoms with Crippen LogP contribution in [0.3, 0.4) is 0 Å². The lowest BCUT2D eigenvalue weighted by molar-refractivity contribution is 0.173. The van der Waals surface area contributed by atoms with Crippen LogP contribution < -0.4 is 10.6 Å². The summed E-state index contributed by atoms with van der Waals surface area (Å²) in [6.45, 7) is 0.106. The second-order valence-corrected chi connectivity index (χ2v) is 4.23. The number of hydrogen-bond acceptors (Lipinski definition) is 2. The van der Waals surface area contributed by atoms with Gasteiger partial charge >= 0.3 is 6.03 Å². The van der Waals surface area contributed by atoms with Gasteiger partial charge in [0, 0.05) is 22.2 Å². The number of carbonyl (C=O) groups is 1. The van der Waals surface area contributed by atoms with E-state index in [0.29, 0.717) is 15.6 Å². The molecular formula is C12H12Cl2N2O2. The molecule has 1 aromatic rings. The Morgan fingerprint density at radius 3 is 2.56 bits per heavy atom. The molecule has 1 aromatic carbocycles. The lowest BCUT2D eigenvalue weighted by atomic mass is 10.1. The van der Waals surface area contributed by atoms with E-state index in [9.17, 15) is 9.90 Å². The fraction of sp³-hybridized carbons (Fsp3) is 0.250. The SMILES string of the molecule is C#CCNC(=O)NCC(O)c1c(Cl)cccc1Cl. The standard InChI is InChI=1S/C12H12Cl2N2O2/c1-2-6-15-12(18)16-7-10(17)11-8(13)4-3-5-9(11)14/h1,3-5,10,17H,6-7H2,(H2,15,16,18). The monoisotopic (exact) mass is 286 g/mol. The van der Waals surface area contributed by atoms with Crippen molar-refractivity contribution in [1.82, 2.24) is 10.6 Å². The predicted octanol–water partition coefficient (Wildman–Crippen LogP) is 1.96. The molecule has 0 aromatic heterocycles. The molecule has 0 aliphatic rings.